The van der Waals surface area contributed by atoms with Gasteiger partial charge in [-0.2, -0.15) is 0 Å². The zero-order valence-electron chi connectivity index (χ0n) is 12.8. The Morgan fingerprint density at radius 1 is 1.35 bits per heavy atom. The van der Waals surface area contributed by atoms with E-state index in [1.54, 1.807) is 0 Å². The van der Waals surface area contributed by atoms with Crippen LogP contribution < -0.4 is 10.6 Å². The van der Waals surface area contributed by atoms with Gasteiger partial charge in [-0.05, 0) is 58.0 Å². The van der Waals surface area contributed by atoms with Gasteiger partial charge in [0.25, 0.3) is 0 Å². The first-order chi connectivity index (χ1) is 9.49. The van der Waals surface area contributed by atoms with Crippen molar-refractivity contribution in [3.05, 3.63) is 28.8 Å². The Labute approximate surface area is 127 Å². The zero-order valence-corrected chi connectivity index (χ0v) is 13.5. The number of piperidine rings is 1. The molecular weight excluding hydrogens is 270 g/mol. The highest BCUT2D eigenvalue weighted by atomic mass is 35.5. The Bertz CT molecular complexity index is 437. The van der Waals surface area contributed by atoms with Crippen LogP contribution in [0.25, 0.3) is 0 Å². The molecule has 1 aliphatic heterocycles. The molecule has 1 heterocycles. The molecule has 1 saturated heterocycles. The Morgan fingerprint density at radius 2 is 2.00 bits per heavy atom. The minimum Gasteiger partial charge on any atom is -0.371 e. The van der Waals surface area contributed by atoms with Crippen molar-refractivity contribution in [2.24, 2.45) is 5.73 Å². The van der Waals surface area contributed by atoms with Gasteiger partial charge in [0.05, 0.1) is 0 Å². The van der Waals surface area contributed by atoms with Gasteiger partial charge in [0.2, 0.25) is 0 Å². The molecule has 0 bridgehead atoms. The number of halogens is 1. The summed E-state index contributed by atoms with van der Waals surface area (Å²) in [5.41, 5.74) is 8.44. The van der Waals surface area contributed by atoms with Gasteiger partial charge < -0.3 is 15.5 Å². The van der Waals surface area contributed by atoms with Gasteiger partial charge in [-0.3, -0.25) is 0 Å². The van der Waals surface area contributed by atoms with E-state index in [0.29, 0.717) is 6.04 Å². The van der Waals surface area contributed by atoms with Gasteiger partial charge in [-0.15, -0.1) is 0 Å². The van der Waals surface area contributed by atoms with Crippen molar-refractivity contribution in [1.29, 1.82) is 0 Å². The second kappa shape index (κ2) is 6.79. The summed E-state index contributed by atoms with van der Waals surface area (Å²) < 4.78 is 0. The number of benzene rings is 1. The topological polar surface area (TPSA) is 32.5 Å². The van der Waals surface area contributed by atoms with Crippen LogP contribution in [0.5, 0.6) is 0 Å². The molecule has 1 aliphatic rings. The lowest BCUT2D eigenvalue weighted by atomic mass is 10.00. The molecule has 1 atom stereocenters. The Balaban J connectivity index is 2.15. The average molecular weight is 296 g/mol. The third-order valence-corrected chi connectivity index (χ3v) is 4.51. The molecule has 20 heavy (non-hydrogen) atoms. The van der Waals surface area contributed by atoms with Gasteiger partial charge in [0.15, 0.2) is 0 Å². The maximum absolute atomic E-state index is 6.38. The predicted molar refractivity (Wildman–Crippen MR) is 87.7 cm³/mol. The summed E-state index contributed by atoms with van der Waals surface area (Å²) in [6.45, 7) is 4.22. The second-order valence-corrected chi connectivity index (χ2v) is 6.51. The smallest absolute Gasteiger partial charge is 0.0459 e. The molecule has 2 N–H and O–H groups in total. The van der Waals surface area contributed by atoms with Crippen molar-refractivity contribution in [2.45, 2.75) is 38.3 Å². The second-order valence-electron chi connectivity index (χ2n) is 6.10. The van der Waals surface area contributed by atoms with Crippen molar-refractivity contribution >= 4 is 17.3 Å². The molecule has 0 amide bonds. The van der Waals surface area contributed by atoms with Crippen LogP contribution in [0.15, 0.2) is 18.2 Å². The summed E-state index contributed by atoms with van der Waals surface area (Å²) in [5.74, 6) is 0. The van der Waals surface area contributed by atoms with E-state index in [2.05, 4.69) is 30.0 Å². The van der Waals surface area contributed by atoms with E-state index in [0.717, 1.165) is 24.5 Å². The van der Waals surface area contributed by atoms with E-state index in [4.69, 9.17) is 17.3 Å². The molecule has 1 aromatic rings. The number of nitrogens with zero attached hydrogens (tertiary/aromatic N) is 2. The zero-order chi connectivity index (χ0) is 14.7. The molecule has 3 nitrogen and oxygen atoms in total. The van der Waals surface area contributed by atoms with E-state index < -0.39 is 0 Å². The van der Waals surface area contributed by atoms with Crippen molar-refractivity contribution in [2.75, 3.05) is 32.1 Å². The molecule has 2 rings (SSSR count). The molecule has 1 fully saturated rings. The first-order valence-electron chi connectivity index (χ1n) is 7.43. The molecular formula is C16H26ClN3. The van der Waals surface area contributed by atoms with E-state index in [-0.39, 0.29) is 6.04 Å². The summed E-state index contributed by atoms with van der Waals surface area (Å²) in [6.07, 6.45) is 3.25. The summed E-state index contributed by atoms with van der Waals surface area (Å²) in [4.78, 5) is 4.79. The van der Waals surface area contributed by atoms with Gasteiger partial charge in [0, 0.05) is 35.9 Å². The average Bonchev–Trinajstić information content (AvgIpc) is 2.41. The number of anilines is 1. The molecule has 1 unspecified atom stereocenters. The summed E-state index contributed by atoms with van der Waals surface area (Å²) in [5, 5.41) is 0.842. The molecule has 112 valence electrons. The third-order valence-electron chi connectivity index (χ3n) is 4.16. The summed E-state index contributed by atoms with van der Waals surface area (Å²) in [7, 11) is 4.34. The Morgan fingerprint density at radius 3 is 2.55 bits per heavy atom. The normalized spacial score (nSPS) is 18.6. The predicted octanol–water partition coefficient (Wildman–Crippen LogP) is 2.76. The summed E-state index contributed by atoms with van der Waals surface area (Å²) in [6, 6.07) is 7.02. The highest BCUT2D eigenvalue weighted by Crippen LogP contribution is 2.31. The van der Waals surface area contributed by atoms with Crippen LogP contribution in [-0.4, -0.2) is 44.2 Å². The monoisotopic (exact) mass is 295 g/mol. The van der Waals surface area contributed by atoms with Crippen LogP contribution in [0, 0.1) is 0 Å². The summed E-state index contributed by atoms with van der Waals surface area (Å²) >= 11 is 6.38. The van der Waals surface area contributed by atoms with Gasteiger partial charge in [0.1, 0.15) is 0 Å². The number of rotatable bonds is 4. The van der Waals surface area contributed by atoms with Crippen molar-refractivity contribution in [3.63, 3.8) is 0 Å². The standard InChI is InChI=1S/C16H26ClN3/c1-12(18)11-14-15(17)5-4-6-16(14)20-9-7-13(8-10-20)19(2)3/h4-6,12-13H,7-11,18H2,1-3H3. The first-order valence-corrected chi connectivity index (χ1v) is 7.81. The maximum atomic E-state index is 6.38. The Hall–Kier alpha value is -0.770. The minimum atomic E-state index is 0.132. The minimum absolute atomic E-state index is 0.132. The van der Waals surface area contributed by atoms with Crippen LogP contribution in [-0.2, 0) is 6.42 Å². The number of nitrogens with two attached hydrogens (primary N) is 1. The van der Waals surface area contributed by atoms with Gasteiger partial charge in [-0.25, -0.2) is 0 Å². The largest absolute Gasteiger partial charge is 0.371 e. The van der Waals surface area contributed by atoms with Gasteiger partial charge in [-0.1, -0.05) is 17.7 Å². The van der Waals surface area contributed by atoms with Crippen LogP contribution >= 0.6 is 11.6 Å². The molecule has 0 spiro atoms. The fourth-order valence-corrected chi connectivity index (χ4v) is 3.24. The quantitative estimate of drug-likeness (QED) is 0.927. The molecule has 0 aliphatic carbocycles. The van der Waals surface area contributed by atoms with Crippen LogP contribution in [0.3, 0.4) is 0 Å². The molecule has 0 saturated carbocycles. The molecule has 4 heteroatoms. The fourth-order valence-electron chi connectivity index (χ4n) is 2.99. The highest BCUT2D eigenvalue weighted by molar-refractivity contribution is 6.31. The lowest BCUT2D eigenvalue weighted by Gasteiger charge is -2.37. The lowest BCUT2D eigenvalue weighted by Crippen LogP contribution is -2.42. The molecule has 0 radical (unpaired) electrons. The van der Waals surface area contributed by atoms with Gasteiger partial charge >= 0.3 is 0 Å². The van der Waals surface area contributed by atoms with Crippen LogP contribution in [0.4, 0.5) is 5.69 Å². The van der Waals surface area contributed by atoms with E-state index in [1.165, 1.54) is 24.1 Å². The maximum Gasteiger partial charge on any atom is 0.0459 e. The van der Waals surface area contributed by atoms with E-state index in [1.807, 2.05) is 19.1 Å². The third kappa shape index (κ3) is 3.66. The number of hydrogen-bond donors (Lipinski definition) is 1. The van der Waals surface area contributed by atoms with Crippen molar-refractivity contribution in [3.8, 4) is 0 Å². The van der Waals surface area contributed by atoms with Crippen LogP contribution in [0.1, 0.15) is 25.3 Å². The van der Waals surface area contributed by atoms with Crippen molar-refractivity contribution < 1.29 is 0 Å². The van der Waals surface area contributed by atoms with Crippen LogP contribution in [0.2, 0.25) is 5.02 Å². The first kappa shape index (κ1) is 15.6. The number of hydrogen-bond acceptors (Lipinski definition) is 3. The highest BCUT2D eigenvalue weighted by Gasteiger charge is 2.23. The van der Waals surface area contributed by atoms with E-state index in [9.17, 15) is 0 Å². The van der Waals surface area contributed by atoms with Crippen molar-refractivity contribution in [1.82, 2.24) is 4.90 Å². The molecule has 0 aromatic heterocycles. The Kier molecular flexibility index (Phi) is 5.30. The molecule has 1 aromatic carbocycles. The lowest BCUT2D eigenvalue weighted by molar-refractivity contribution is 0.249. The fraction of sp³-hybridized carbons (Fsp3) is 0.625. The van der Waals surface area contributed by atoms with E-state index >= 15 is 0 Å². The SMILES string of the molecule is CC(N)Cc1c(Cl)cccc1N1CCC(N(C)C)CC1.